The SMILES string of the molecule is CC1C=C(C(=O)Nc2ccc3nc(-c4cccc(/C=N\NC(=O)c5ccc(N(C)C)cc5)c4)[nH]c3c2)C=CC1N(C)C. The molecule has 0 spiro atoms. The van der Waals surface area contributed by atoms with Crippen molar-refractivity contribution in [2.75, 3.05) is 38.4 Å². The van der Waals surface area contributed by atoms with Gasteiger partial charge in [0.2, 0.25) is 0 Å². The van der Waals surface area contributed by atoms with Gasteiger partial charge >= 0.3 is 0 Å². The van der Waals surface area contributed by atoms with Crippen molar-refractivity contribution in [3.63, 3.8) is 0 Å². The highest BCUT2D eigenvalue weighted by Gasteiger charge is 2.21. The highest BCUT2D eigenvalue weighted by Crippen LogP contribution is 2.25. The number of hydrogen-bond acceptors (Lipinski definition) is 6. The third kappa shape index (κ3) is 6.47. The summed E-state index contributed by atoms with van der Waals surface area (Å²) in [5.41, 5.74) is 8.74. The number of hydrazone groups is 1. The molecule has 0 aliphatic heterocycles. The lowest BCUT2D eigenvalue weighted by molar-refractivity contribution is -0.112. The number of aromatic amines is 1. The van der Waals surface area contributed by atoms with Gasteiger partial charge in [0.05, 0.1) is 17.2 Å². The van der Waals surface area contributed by atoms with Crippen LogP contribution in [0.5, 0.6) is 0 Å². The normalized spacial score (nSPS) is 16.6. The van der Waals surface area contributed by atoms with Crippen LogP contribution in [-0.4, -0.2) is 67.1 Å². The Morgan fingerprint density at radius 3 is 2.48 bits per heavy atom. The average molecular weight is 562 g/mol. The minimum atomic E-state index is -0.282. The zero-order valence-electron chi connectivity index (χ0n) is 24.4. The van der Waals surface area contributed by atoms with Crippen molar-refractivity contribution in [1.82, 2.24) is 20.3 Å². The van der Waals surface area contributed by atoms with Gasteiger partial charge in [0.1, 0.15) is 5.82 Å². The fraction of sp³-hybridized carbons (Fsp3) is 0.212. The first-order valence-corrected chi connectivity index (χ1v) is 13.8. The third-order valence-corrected chi connectivity index (χ3v) is 7.24. The molecule has 2 unspecified atom stereocenters. The van der Waals surface area contributed by atoms with Gasteiger partial charge in [-0.15, -0.1) is 0 Å². The molecule has 1 aromatic heterocycles. The molecule has 4 aromatic rings. The smallest absolute Gasteiger partial charge is 0.271 e. The van der Waals surface area contributed by atoms with Gasteiger partial charge in [0, 0.05) is 48.2 Å². The van der Waals surface area contributed by atoms with Crippen LogP contribution in [0.4, 0.5) is 11.4 Å². The lowest BCUT2D eigenvalue weighted by Gasteiger charge is -2.28. The highest BCUT2D eigenvalue weighted by molar-refractivity contribution is 6.06. The molecule has 2 amide bonds. The van der Waals surface area contributed by atoms with Crippen LogP contribution in [0.2, 0.25) is 0 Å². The van der Waals surface area contributed by atoms with Crippen LogP contribution >= 0.6 is 0 Å². The quantitative estimate of drug-likeness (QED) is 0.206. The lowest BCUT2D eigenvalue weighted by Crippen LogP contribution is -2.33. The van der Waals surface area contributed by atoms with Gasteiger partial charge in [0.25, 0.3) is 11.8 Å². The van der Waals surface area contributed by atoms with Crippen LogP contribution in [0.1, 0.15) is 22.8 Å². The van der Waals surface area contributed by atoms with Crippen molar-refractivity contribution in [3.8, 4) is 11.4 Å². The summed E-state index contributed by atoms with van der Waals surface area (Å²) in [4.78, 5) is 37.6. The van der Waals surface area contributed by atoms with Gasteiger partial charge in [0.15, 0.2) is 0 Å². The van der Waals surface area contributed by atoms with E-state index >= 15 is 0 Å². The summed E-state index contributed by atoms with van der Waals surface area (Å²) in [6.07, 6.45) is 7.57. The number of amides is 2. The zero-order chi connectivity index (χ0) is 29.8. The topological polar surface area (TPSA) is 106 Å². The molecule has 5 rings (SSSR count). The summed E-state index contributed by atoms with van der Waals surface area (Å²) in [6, 6.07) is 20.9. The number of carbonyl (C=O) groups excluding carboxylic acids is 2. The van der Waals surface area contributed by atoms with E-state index in [0.29, 0.717) is 22.6 Å². The molecule has 42 heavy (non-hydrogen) atoms. The molecule has 9 nitrogen and oxygen atoms in total. The second kappa shape index (κ2) is 12.2. The van der Waals surface area contributed by atoms with Gasteiger partial charge < -0.3 is 20.1 Å². The van der Waals surface area contributed by atoms with E-state index in [9.17, 15) is 9.59 Å². The molecule has 2 atom stereocenters. The van der Waals surface area contributed by atoms with Gasteiger partial charge in [-0.3, -0.25) is 9.59 Å². The zero-order valence-corrected chi connectivity index (χ0v) is 24.4. The van der Waals surface area contributed by atoms with Crippen LogP contribution in [0, 0.1) is 5.92 Å². The number of fused-ring (bicyclic) bond motifs is 1. The number of hydrogen-bond donors (Lipinski definition) is 3. The molecule has 1 aliphatic carbocycles. The van der Waals surface area contributed by atoms with Crippen molar-refractivity contribution in [3.05, 3.63) is 102 Å². The lowest BCUT2D eigenvalue weighted by atomic mass is 9.92. The molecule has 1 aliphatic rings. The molecule has 214 valence electrons. The summed E-state index contributed by atoms with van der Waals surface area (Å²) in [7, 11) is 7.97. The van der Waals surface area contributed by atoms with E-state index in [1.165, 1.54) is 0 Å². The second-order valence-electron chi connectivity index (χ2n) is 10.8. The number of benzene rings is 3. The third-order valence-electron chi connectivity index (χ3n) is 7.24. The number of likely N-dealkylation sites (N-methyl/N-ethyl adjacent to an activating group) is 1. The van der Waals surface area contributed by atoms with E-state index in [4.69, 9.17) is 4.98 Å². The Balaban J connectivity index is 1.25. The van der Waals surface area contributed by atoms with Gasteiger partial charge in [-0.25, -0.2) is 10.4 Å². The van der Waals surface area contributed by atoms with Crippen molar-refractivity contribution in [1.29, 1.82) is 0 Å². The van der Waals surface area contributed by atoms with Crippen molar-refractivity contribution >= 4 is 40.4 Å². The first-order valence-electron chi connectivity index (χ1n) is 13.8. The number of nitrogens with one attached hydrogen (secondary N) is 3. The molecule has 3 N–H and O–H groups in total. The fourth-order valence-corrected chi connectivity index (χ4v) is 4.94. The van der Waals surface area contributed by atoms with Crippen molar-refractivity contribution in [2.24, 2.45) is 11.0 Å². The maximum absolute atomic E-state index is 12.9. The Morgan fingerprint density at radius 1 is 0.976 bits per heavy atom. The standard InChI is InChI=1S/C33H35N7O2/c1-21-17-25(11-16-30(21)40(4)5)32(41)35-26-12-15-28-29(19-26)37-31(36-28)24-8-6-7-22(18-24)20-34-38-33(42)23-9-13-27(14-10-23)39(2)3/h6-21,30H,1-5H3,(H,35,41)(H,36,37)(H,38,42)/b34-20-. The molecule has 3 aromatic carbocycles. The summed E-state index contributed by atoms with van der Waals surface area (Å²) in [5, 5.41) is 7.13. The monoisotopic (exact) mass is 561 g/mol. The number of carbonyl (C=O) groups is 2. The minimum Gasteiger partial charge on any atom is -0.378 e. The largest absolute Gasteiger partial charge is 0.378 e. The van der Waals surface area contributed by atoms with Gasteiger partial charge in [-0.1, -0.05) is 43.4 Å². The molecular weight excluding hydrogens is 526 g/mol. The van der Waals surface area contributed by atoms with E-state index in [-0.39, 0.29) is 23.8 Å². The number of nitrogens with zero attached hydrogens (tertiary/aromatic N) is 4. The van der Waals surface area contributed by atoms with Crippen LogP contribution in [0.3, 0.4) is 0 Å². The predicted molar refractivity (Wildman–Crippen MR) is 170 cm³/mol. The van der Waals surface area contributed by atoms with E-state index < -0.39 is 0 Å². The maximum atomic E-state index is 12.9. The molecule has 0 radical (unpaired) electrons. The van der Waals surface area contributed by atoms with Crippen LogP contribution in [0.15, 0.2) is 95.6 Å². The Hall–Kier alpha value is -5.02. The van der Waals surface area contributed by atoms with E-state index in [1.807, 2.05) is 99.8 Å². The van der Waals surface area contributed by atoms with Crippen molar-refractivity contribution < 1.29 is 9.59 Å². The Morgan fingerprint density at radius 2 is 1.76 bits per heavy atom. The summed E-state index contributed by atoms with van der Waals surface area (Å²) in [6.45, 7) is 2.11. The van der Waals surface area contributed by atoms with E-state index in [0.717, 1.165) is 27.8 Å². The Kier molecular flexibility index (Phi) is 8.31. The van der Waals surface area contributed by atoms with Crippen LogP contribution in [0.25, 0.3) is 22.4 Å². The molecule has 0 bridgehead atoms. The number of H-pyrrole nitrogens is 1. The number of aromatic nitrogens is 2. The molecule has 0 fully saturated rings. The first kappa shape index (κ1) is 28.5. The Labute approximate surface area is 245 Å². The number of anilines is 2. The summed E-state index contributed by atoms with van der Waals surface area (Å²) in [5.74, 6) is 0.506. The fourth-order valence-electron chi connectivity index (χ4n) is 4.94. The number of imidazole rings is 1. The minimum absolute atomic E-state index is 0.140. The van der Waals surface area contributed by atoms with E-state index in [1.54, 1.807) is 18.3 Å². The predicted octanol–water partition coefficient (Wildman–Crippen LogP) is 5.06. The van der Waals surface area contributed by atoms with Gasteiger partial charge in [-0.2, -0.15) is 5.10 Å². The number of rotatable bonds is 8. The molecule has 1 heterocycles. The Bertz CT molecular complexity index is 1700. The maximum Gasteiger partial charge on any atom is 0.271 e. The second-order valence-corrected chi connectivity index (χ2v) is 10.8. The van der Waals surface area contributed by atoms with Crippen LogP contribution < -0.4 is 15.6 Å². The summed E-state index contributed by atoms with van der Waals surface area (Å²) >= 11 is 0. The van der Waals surface area contributed by atoms with Crippen molar-refractivity contribution in [2.45, 2.75) is 13.0 Å². The first-order chi connectivity index (χ1) is 20.2. The molecule has 9 heteroatoms. The molecular formula is C33H35N7O2. The highest BCUT2D eigenvalue weighted by atomic mass is 16.2. The van der Waals surface area contributed by atoms with Crippen LogP contribution in [-0.2, 0) is 4.79 Å². The van der Waals surface area contributed by atoms with E-state index in [2.05, 4.69) is 38.7 Å². The molecule has 0 saturated carbocycles. The van der Waals surface area contributed by atoms with Gasteiger partial charge in [-0.05, 0) is 74.1 Å². The molecule has 0 saturated heterocycles. The average Bonchev–Trinajstić information content (AvgIpc) is 3.41. The summed E-state index contributed by atoms with van der Waals surface area (Å²) < 4.78 is 0.